The van der Waals surface area contributed by atoms with Gasteiger partial charge in [0.1, 0.15) is 11.2 Å². The van der Waals surface area contributed by atoms with E-state index in [2.05, 4.69) is 44.5 Å². The zero-order chi connectivity index (χ0) is 23.7. The van der Waals surface area contributed by atoms with Crippen LogP contribution in [0.1, 0.15) is 32.9 Å². The van der Waals surface area contributed by atoms with Crippen LogP contribution in [0.2, 0.25) is 0 Å². The molecule has 1 aliphatic heterocycles. The lowest BCUT2D eigenvalue weighted by Crippen LogP contribution is -2.39. The summed E-state index contributed by atoms with van der Waals surface area (Å²) >= 11 is 1.59. The molecule has 0 saturated carbocycles. The maximum absolute atomic E-state index is 12.4. The molecular weight excluding hydrogens is 446 g/mol. The molecule has 2 N–H and O–H groups in total. The minimum Gasteiger partial charge on any atom is -0.444 e. The molecule has 4 aromatic rings. The Morgan fingerprint density at radius 2 is 2.09 bits per heavy atom. The first-order chi connectivity index (χ1) is 16.4. The van der Waals surface area contributed by atoms with Crippen LogP contribution in [0.3, 0.4) is 0 Å². The minimum absolute atomic E-state index is 0.271. The van der Waals surface area contributed by atoms with Gasteiger partial charge in [0.05, 0.1) is 16.9 Å². The Morgan fingerprint density at radius 3 is 2.82 bits per heavy atom. The van der Waals surface area contributed by atoms with Crippen LogP contribution in [-0.4, -0.2) is 44.6 Å². The van der Waals surface area contributed by atoms with Gasteiger partial charge in [0.25, 0.3) is 0 Å². The van der Waals surface area contributed by atoms with Crippen LogP contribution in [0.25, 0.3) is 27.9 Å². The highest BCUT2D eigenvalue weighted by Crippen LogP contribution is 2.31. The summed E-state index contributed by atoms with van der Waals surface area (Å²) < 4.78 is 5.50. The Kier molecular flexibility index (Phi) is 5.83. The zero-order valence-corrected chi connectivity index (χ0v) is 20.3. The van der Waals surface area contributed by atoms with Crippen LogP contribution in [-0.2, 0) is 4.74 Å². The molecule has 0 radical (unpaired) electrons. The van der Waals surface area contributed by atoms with Crippen molar-refractivity contribution in [3.8, 4) is 11.3 Å². The van der Waals surface area contributed by atoms with E-state index >= 15 is 0 Å². The van der Waals surface area contributed by atoms with Gasteiger partial charge in [-0.25, -0.2) is 14.8 Å². The number of aromatic nitrogens is 3. The number of carbonyl (C=O) groups excluding carboxylic acids is 1. The van der Waals surface area contributed by atoms with E-state index < -0.39 is 5.60 Å². The topological polar surface area (TPSA) is 83.1 Å². The van der Waals surface area contributed by atoms with E-state index in [1.54, 1.807) is 22.4 Å². The minimum atomic E-state index is -0.493. The third-order valence-corrected chi connectivity index (χ3v) is 6.19. The lowest BCUT2D eigenvalue weighted by molar-refractivity contribution is 0.0270. The van der Waals surface area contributed by atoms with Gasteiger partial charge in [-0.1, -0.05) is 18.2 Å². The molecule has 0 bridgehead atoms. The average Bonchev–Trinajstić information content (AvgIpc) is 3.49. The van der Waals surface area contributed by atoms with Crippen molar-refractivity contribution in [2.24, 2.45) is 0 Å². The van der Waals surface area contributed by atoms with Gasteiger partial charge in [-0.2, -0.15) is 0 Å². The van der Waals surface area contributed by atoms with Crippen molar-refractivity contribution in [2.75, 3.05) is 18.4 Å². The number of hydrogen-bond acceptors (Lipinski definition) is 6. The summed E-state index contributed by atoms with van der Waals surface area (Å²) in [6, 6.07) is 12.3. The first-order valence-electron chi connectivity index (χ1n) is 11.3. The van der Waals surface area contributed by atoms with Crippen molar-refractivity contribution in [3.05, 3.63) is 65.3 Å². The normalized spacial score (nSPS) is 14.2. The predicted octanol–water partition coefficient (Wildman–Crippen LogP) is 6.45. The second-order valence-electron chi connectivity index (χ2n) is 9.29. The lowest BCUT2D eigenvalue weighted by Gasteiger charge is -2.29. The predicted molar refractivity (Wildman–Crippen MR) is 137 cm³/mol. The molecule has 34 heavy (non-hydrogen) atoms. The van der Waals surface area contributed by atoms with Gasteiger partial charge in [0, 0.05) is 47.0 Å². The molecule has 5 rings (SSSR count). The number of benzene rings is 1. The van der Waals surface area contributed by atoms with Gasteiger partial charge in [-0.15, -0.1) is 11.3 Å². The van der Waals surface area contributed by atoms with Crippen molar-refractivity contribution < 1.29 is 9.53 Å². The average molecular weight is 474 g/mol. The van der Waals surface area contributed by atoms with Gasteiger partial charge in [0.2, 0.25) is 0 Å². The van der Waals surface area contributed by atoms with Gasteiger partial charge in [0.15, 0.2) is 0 Å². The molecule has 0 aliphatic carbocycles. The van der Waals surface area contributed by atoms with E-state index in [0.717, 1.165) is 45.8 Å². The molecule has 0 spiro atoms. The van der Waals surface area contributed by atoms with E-state index in [1.165, 1.54) is 5.57 Å². The van der Waals surface area contributed by atoms with Crippen molar-refractivity contribution in [1.82, 2.24) is 19.9 Å². The van der Waals surface area contributed by atoms with Crippen molar-refractivity contribution in [3.63, 3.8) is 0 Å². The molecule has 0 atom stereocenters. The molecule has 3 aromatic heterocycles. The molecule has 1 aromatic carbocycles. The van der Waals surface area contributed by atoms with Crippen LogP contribution in [0.5, 0.6) is 0 Å². The Labute approximate surface area is 202 Å². The van der Waals surface area contributed by atoms with Crippen LogP contribution in [0.15, 0.2) is 59.6 Å². The molecule has 174 valence electrons. The number of thiazole rings is 1. The first-order valence-corrected chi connectivity index (χ1v) is 12.2. The summed E-state index contributed by atoms with van der Waals surface area (Å²) in [7, 11) is 0. The van der Waals surface area contributed by atoms with Gasteiger partial charge in [-0.05, 0) is 57.0 Å². The van der Waals surface area contributed by atoms with Crippen LogP contribution < -0.4 is 5.32 Å². The van der Waals surface area contributed by atoms with Gasteiger partial charge < -0.3 is 19.9 Å². The Balaban J connectivity index is 1.36. The lowest BCUT2D eigenvalue weighted by atomic mass is 10.0. The van der Waals surface area contributed by atoms with Crippen LogP contribution in [0.4, 0.5) is 16.2 Å². The standard InChI is InChI=1S/C26H27N5O2S/c1-26(2,3)33-25(32)31-11-8-17(9-12-31)22-14-20-21(7-10-27-24(20)30-22)29-19-6-4-5-18(13-19)23-15-34-16-28-23/h4-8,10,13-16H,9,11-12H2,1-3H3,(H2,27,29,30). The number of nitrogens with zero attached hydrogens (tertiary/aromatic N) is 3. The summed E-state index contributed by atoms with van der Waals surface area (Å²) in [5.74, 6) is 0. The highest BCUT2D eigenvalue weighted by atomic mass is 32.1. The van der Waals surface area contributed by atoms with Crippen LogP contribution in [0, 0.1) is 0 Å². The summed E-state index contributed by atoms with van der Waals surface area (Å²) in [5, 5.41) is 6.60. The third kappa shape index (κ3) is 4.82. The summed E-state index contributed by atoms with van der Waals surface area (Å²) in [4.78, 5) is 26.5. The van der Waals surface area contributed by atoms with Crippen molar-refractivity contribution in [2.45, 2.75) is 32.8 Å². The monoisotopic (exact) mass is 473 g/mol. The van der Waals surface area contributed by atoms with Crippen molar-refractivity contribution in [1.29, 1.82) is 0 Å². The number of H-pyrrole nitrogens is 1. The Hall–Kier alpha value is -3.65. The summed E-state index contributed by atoms with van der Waals surface area (Å²) in [6.07, 6.45) is 4.37. The second kappa shape index (κ2) is 8.95. The number of ether oxygens (including phenoxy) is 1. The summed E-state index contributed by atoms with van der Waals surface area (Å²) in [5.41, 5.74) is 8.40. The van der Waals surface area contributed by atoms with Gasteiger partial charge >= 0.3 is 6.09 Å². The number of amides is 1. The number of nitrogens with one attached hydrogen (secondary N) is 2. The highest BCUT2D eigenvalue weighted by molar-refractivity contribution is 7.07. The van der Waals surface area contributed by atoms with E-state index in [-0.39, 0.29) is 6.09 Å². The van der Waals surface area contributed by atoms with E-state index in [0.29, 0.717) is 13.1 Å². The maximum Gasteiger partial charge on any atom is 0.410 e. The van der Waals surface area contributed by atoms with Crippen LogP contribution >= 0.6 is 11.3 Å². The Bertz CT molecular complexity index is 1350. The Morgan fingerprint density at radius 1 is 1.21 bits per heavy atom. The third-order valence-electron chi connectivity index (χ3n) is 5.61. The molecule has 7 nitrogen and oxygen atoms in total. The molecule has 0 unspecified atom stereocenters. The zero-order valence-electron chi connectivity index (χ0n) is 19.5. The number of rotatable bonds is 4. The smallest absolute Gasteiger partial charge is 0.410 e. The second-order valence-corrected chi connectivity index (χ2v) is 10.0. The number of aromatic amines is 1. The van der Waals surface area contributed by atoms with Gasteiger partial charge in [-0.3, -0.25) is 0 Å². The summed E-state index contributed by atoms with van der Waals surface area (Å²) in [6.45, 7) is 6.80. The largest absolute Gasteiger partial charge is 0.444 e. The molecule has 0 fully saturated rings. The van der Waals surface area contributed by atoms with E-state index in [9.17, 15) is 4.79 Å². The molecule has 0 saturated heterocycles. The molecule has 4 heterocycles. The maximum atomic E-state index is 12.4. The number of anilines is 2. The van der Waals surface area contributed by atoms with E-state index in [1.807, 2.05) is 49.9 Å². The molecular formula is C26H27N5O2S. The number of carbonyl (C=O) groups is 1. The SMILES string of the molecule is CC(C)(C)OC(=O)N1CC=C(c2cc3c(Nc4cccc(-c5cscn5)c4)ccnc3[nH]2)CC1. The molecule has 1 aliphatic rings. The van der Waals surface area contributed by atoms with Crippen molar-refractivity contribution >= 4 is 45.4 Å². The molecule has 1 amide bonds. The molecule has 8 heteroatoms. The number of pyridine rings is 1. The fraction of sp³-hybridized carbons (Fsp3) is 0.269. The fourth-order valence-corrected chi connectivity index (χ4v) is 4.54. The first kappa shape index (κ1) is 22.2. The number of fused-ring (bicyclic) bond motifs is 1. The quantitative estimate of drug-likeness (QED) is 0.356. The van der Waals surface area contributed by atoms with E-state index in [4.69, 9.17) is 4.74 Å². The number of hydrogen-bond donors (Lipinski definition) is 2. The fourth-order valence-electron chi connectivity index (χ4n) is 3.98. The highest BCUT2D eigenvalue weighted by Gasteiger charge is 2.24.